The second kappa shape index (κ2) is 17.1. The number of hydrogen-bond donors (Lipinski definition) is 1. The van der Waals surface area contributed by atoms with Crippen LogP contribution in [0.3, 0.4) is 0 Å². The van der Waals surface area contributed by atoms with E-state index in [4.69, 9.17) is 14.6 Å². The van der Waals surface area contributed by atoms with E-state index in [2.05, 4.69) is 4.98 Å². The van der Waals surface area contributed by atoms with Crippen LogP contribution in [-0.2, 0) is 30.2 Å². The molecule has 0 amide bonds. The van der Waals surface area contributed by atoms with Crippen LogP contribution in [-0.4, -0.2) is 59.3 Å². The fraction of sp³-hybridized carbons (Fsp3) is 0.306. The zero-order valence-electron chi connectivity index (χ0n) is 26.8. The SMILES string of the molecule is COc1ccc(C(C)C)cc1-c1ccc(C(F)(F)F)cc1CN(Cc1cc(C#N)cc(C(F)(F)F)c1)c1ccc(OCCCC(=O)O)cn1.[NaH]. The van der Waals surface area contributed by atoms with Crippen LogP contribution in [0.4, 0.5) is 32.2 Å². The summed E-state index contributed by atoms with van der Waals surface area (Å²) in [5, 5.41) is 18.3. The number of methoxy groups -OCH3 is 1. The number of rotatable bonds is 13. The van der Waals surface area contributed by atoms with Gasteiger partial charge in [-0.2, -0.15) is 31.6 Å². The van der Waals surface area contributed by atoms with Crippen LogP contribution in [0.2, 0.25) is 0 Å². The van der Waals surface area contributed by atoms with Crippen LogP contribution in [0.1, 0.15) is 66.0 Å². The van der Waals surface area contributed by atoms with Crippen molar-refractivity contribution >= 4 is 41.3 Å². The minimum atomic E-state index is -4.75. The molecule has 0 aliphatic rings. The summed E-state index contributed by atoms with van der Waals surface area (Å²) in [6.45, 7) is 3.53. The molecule has 7 nitrogen and oxygen atoms in total. The Labute approximate surface area is 307 Å². The molecule has 4 rings (SSSR count). The number of nitrogens with zero attached hydrogens (tertiary/aromatic N) is 3. The van der Waals surface area contributed by atoms with Crippen molar-refractivity contribution < 1.29 is 45.7 Å². The minimum absolute atomic E-state index is 0. The first-order chi connectivity index (χ1) is 23.1. The Kier molecular flexibility index (Phi) is 13.8. The van der Waals surface area contributed by atoms with E-state index >= 15 is 0 Å². The summed E-state index contributed by atoms with van der Waals surface area (Å²) < 4.78 is 94.6. The topological polar surface area (TPSA) is 95.7 Å². The maximum atomic E-state index is 14.0. The van der Waals surface area contributed by atoms with Crippen molar-refractivity contribution in [2.24, 2.45) is 0 Å². The third-order valence-electron chi connectivity index (χ3n) is 7.65. The number of aromatic nitrogens is 1. The number of benzene rings is 3. The molecule has 1 N–H and O–H groups in total. The van der Waals surface area contributed by atoms with Crippen molar-refractivity contribution in [1.29, 1.82) is 5.26 Å². The van der Waals surface area contributed by atoms with Crippen molar-refractivity contribution in [3.63, 3.8) is 0 Å². The molecule has 0 saturated heterocycles. The number of pyridine rings is 1. The number of aliphatic carboxylic acids is 1. The van der Waals surface area contributed by atoms with Crippen LogP contribution >= 0.6 is 0 Å². The Hall–Kier alpha value is -4.25. The van der Waals surface area contributed by atoms with Gasteiger partial charge in [0.2, 0.25) is 0 Å². The molecule has 0 fully saturated rings. The number of carboxylic acid groups (broad SMARTS) is 1. The standard InChI is InChI=1S/C36H33F6N3O4.Na.H/c1-22(2)25-6-10-32(48-3)31(17-25)30-9-7-27(35(37,38)39)16-26(30)21-45(20-24-13-23(18-43)14-28(15-24)36(40,41)42)33-11-8-29(19-44-33)49-12-4-5-34(46)47;;/h6-11,13-17,19,22H,4-5,12,20-21H2,1-3H3,(H,46,47);;. The summed E-state index contributed by atoms with van der Waals surface area (Å²) >= 11 is 0. The first-order valence-corrected chi connectivity index (χ1v) is 15.1. The van der Waals surface area contributed by atoms with Gasteiger partial charge in [0.05, 0.1) is 42.7 Å². The summed E-state index contributed by atoms with van der Waals surface area (Å²) in [5.41, 5.74) is -0.0836. The average Bonchev–Trinajstić information content (AvgIpc) is 3.05. The van der Waals surface area contributed by atoms with E-state index in [-0.39, 0.29) is 96.3 Å². The summed E-state index contributed by atoms with van der Waals surface area (Å²) in [4.78, 5) is 16.7. The van der Waals surface area contributed by atoms with Crippen LogP contribution in [0.5, 0.6) is 11.5 Å². The molecule has 0 saturated carbocycles. The molecule has 0 aliphatic carbocycles. The van der Waals surface area contributed by atoms with E-state index in [0.29, 0.717) is 16.9 Å². The van der Waals surface area contributed by atoms with Crippen molar-refractivity contribution in [3.8, 4) is 28.7 Å². The zero-order chi connectivity index (χ0) is 35.9. The number of carbonyl (C=O) groups is 1. The number of nitriles is 1. The van der Waals surface area contributed by atoms with Gasteiger partial charge in [-0.3, -0.25) is 4.79 Å². The van der Waals surface area contributed by atoms with Crippen LogP contribution < -0.4 is 14.4 Å². The van der Waals surface area contributed by atoms with Gasteiger partial charge in [0.25, 0.3) is 0 Å². The Bertz CT molecular complexity index is 1820. The molecule has 0 bridgehead atoms. The fourth-order valence-electron chi connectivity index (χ4n) is 5.17. The van der Waals surface area contributed by atoms with E-state index in [1.165, 1.54) is 42.5 Å². The molecule has 1 heterocycles. The van der Waals surface area contributed by atoms with E-state index in [1.54, 1.807) is 12.1 Å². The van der Waals surface area contributed by atoms with E-state index in [0.717, 1.165) is 29.8 Å². The molecule has 3 aromatic carbocycles. The molecular weight excluding hydrogens is 675 g/mol. The summed E-state index contributed by atoms with van der Waals surface area (Å²) in [7, 11) is 1.44. The number of alkyl halides is 6. The first kappa shape index (κ1) is 40.2. The number of halogens is 6. The average molecular weight is 710 g/mol. The molecule has 50 heavy (non-hydrogen) atoms. The molecule has 0 unspecified atom stereocenters. The second-order valence-electron chi connectivity index (χ2n) is 11.6. The molecule has 0 atom stereocenters. The van der Waals surface area contributed by atoms with Crippen molar-refractivity contribution in [2.45, 2.75) is 58.0 Å². The fourth-order valence-corrected chi connectivity index (χ4v) is 5.17. The summed E-state index contributed by atoms with van der Waals surface area (Å²) in [6.07, 6.45) is -7.98. The Morgan fingerprint density at radius 3 is 2.22 bits per heavy atom. The van der Waals surface area contributed by atoms with Gasteiger partial charge in [-0.1, -0.05) is 26.0 Å². The maximum absolute atomic E-state index is 14.0. The van der Waals surface area contributed by atoms with Crippen molar-refractivity contribution in [2.75, 3.05) is 18.6 Å². The summed E-state index contributed by atoms with van der Waals surface area (Å²) in [6, 6.07) is 16.4. The molecule has 0 radical (unpaired) electrons. The number of ether oxygens (including phenoxy) is 2. The van der Waals surface area contributed by atoms with E-state index in [9.17, 15) is 36.4 Å². The van der Waals surface area contributed by atoms with Crippen molar-refractivity contribution in [3.05, 3.63) is 106 Å². The number of anilines is 1. The van der Waals surface area contributed by atoms with E-state index < -0.39 is 29.4 Å². The molecule has 0 spiro atoms. The van der Waals surface area contributed by atoms with Gasteiger partial charge in [-0.15, -0.1) is 0 Å². The van der Waals surface area contributed by atoms with Gasteiger partial charge in [-0.05, 0) is 89.2 Å². The number of carboxylic acids is 1. The Morgan fingerprint density at radius 2 is 1.64 bits per heavy atom. The monoisotopic (exact) mass is 709 g/mol. The normalized spacial score (nSPS) is 11.5. The zero-order valence-corrected chi connectivity index (χ0v) is 26.8. The number of hydrogen-bond acceptors (Lipinski definition) is 6. The van der Waals surface area contributed by atoms with Crippen molar-refractivity contribution in [1.82, 2.24) is 4.98 Å². The molecule has 0 aliphatic heterocycles. The third-order valence-corrected chi connectivity index (χ3v) is 7.65. The Balaban J connectivity index is 0.00000676. The van der Waals surface area contributed by atoms with Gasteiger partial charge in [-0.25, -0.2) is 4.98 Å². The van der Waals surface area contributed by atoms with Gasteiger partial charge in [0.1, 0.15) is 17.3 Å². The molecular formula is C36H34F6N3NaO4. The van der Waals surface area contributed by atoms with E-state index in [1.807, 2.05) is 26.0 Å². The van der Waals surface area contributed by atoms with Crippen LogP contribution in [0.15, 0.2) is 72.9 Å². The molecule has 260 valence electrons. The van der Waals surface area contributed by atoms with Gasteiger partial charge < -0.3 is 19.5 Å². The van der Waals surface area contributed by atoms with Crippen LogP contribution in [0.25, 0.3) is 11.1 Å². The Morgan fingerprint density at radius 1 is 0.920 bits per heavy atom. The van der Waals surface area contributed by atoms with Gasteiger partial charge in [0, 0.05) is 25.1 Å². The predicted molar refractivity (Wildman–Crippen MR) is 177 cm³/mol. The second-order valence-corrected chi connectivity index (χ2v) is 11.6. The van der Waals surface area contributed by atoms with Crippen LogP contribution in [0, 0.1) is 11.3 Å². The molecule has 1 aromatic heterocycles. The summed E-state index contributed by atoms with van der Waals surface area (Å²) in [5.74, 6) is -0.00117. The van der Waals surface area contributed by atoms with Gasteiger partial charge in [0.15, 0.2) is 0 Å². The molecule has 4 aromatic rings. The van der Waals surface area contributed by atoms with Gasteiger partial charge >= 0.3 is 47.9 Å². The third kappa shape index (κ3) is 10.6. The molecule has 14 heteroatoms. The quantitative estimate of drug-likeness (QED) is 0.0844. The predicted octanol–water partition coefficient (Wildman–Crippen LogP) is 8.59. The first-order valence-electron chi connectivity index (χ1n) is 15.1.